The molecule has 6 N–H and O–H groups in total. The molecule has 1 aliphatic carbocycles. The van der Waals surface area contributed by atoms with E-state index in [0.29, 0.717) is 13.0 Å². The molecule has 1 fully saturated rings. The van der Waals surface area contributed by atoms with Crippen molar-refractivity contribution in [2.45, 2.75) is 268 Å². The minimum Gasteiger partial charge on any atom is -0.457 e. The van der Waals surface area contributed by atoms with Crippen LogP contribution in [0.15, 0.2) is 24.3 Å². The molecular weight excluding hydrogens is 824 g/mol. The maximum absolute atomic E-state index is 12.8. The Morgan fingerprint density at radius 3 is 1.37 bits per heavy atom. The highest BCUT2D eigenvalue weighted by atomic mass is 31.2. The van der Waals surface area contributed by atoms with Crippen LogP contribution in [0.25, 0.3) is 0 Å². The molecule has 0 radical (unpaired) electrons. The zero-order valence-electron chi connectivity index (χ0n) is 39.9. The van der Waals surface area contributed by atoms with Crippen LogP contribution in [-0.2, 0) is 27.9 Å². The largest absolute Gasteiger partial charge is 0.472 e. The molecule has 0 aromatic carbocycles. The molecule has 372 valence electrons. The molecule has 1 rings (SSSR count). The van der Waals surface area contributed by atoms with Gasteiger partial charge in [-0.3, -0.25) is 13.8 Å². The predicted molar refractivity (Wildman–Crippen MR) is 253 cm³/mol. The molecule has 6 unspecified atom stereocenters. The van der Waals surface area contributed by atoms with Crippen molar-refractivity contribution in [1.29, 1.82) is 0 Å². The number of carbonyl (C=O) groups is 1. The fourth-order valence-corrected chi connectivity index (χ4v) is 8.95. The van der Waals surface area contributed by atoms with Gasteiger partial charge in [0.2, 0.25) is 0 Å². The highest BCUT2D eigenvalue weighted by Gasteiger charge is 2.51. The summed E-state index contributed by atoms with van der Waals surface area (Å²) >= 11 is 0. The Morgan fingerprint density at radius 2 is 0.889 bits per heavy atom. The van der Waals surface area contributed by atoms with Gasteiger partial charge in [0.1, 0.15) is 42.7 Å². The molecule has 13 heteroatoms. The Morgan fingerprint density at radius 1 is 0.508 bits per heavy atom. The number of ether oxygens (including phenoxy) is 2. The first-order valence-electron chi connectivity index (χ1n) is 25.7. The first-order chi connectivity index (χ1) is 30.5. The Hall–Kier alpha value is -1.18. The Kier molecular flexibility index (Phi) is 39.0. The van der Waals surface area contributed by atoms with Crippen LogP contribution in [0.5, 0.6) is 0 Å². The summed E-state index contributed by atoms with van der Waals surface area (Å²) in [4.78, 5) is 23.2. The number of carbonyl (C=O) groups excluding carboxylic acids is 1. The second-order valence-corrected chi connectivity index (χ2v) is 19.4. The first kappa shape index (κ1) is 59.8. The molecule has 0 aliphatic heterocycles. The van der Waals surface area contributed by atoms with E-state index >= 15 is 0 Å². The number of rotatable bonds is 44. The van der Waals surface area contributed by atoms with E-state index in [9.17, 15) is 39.8 Å². The molecule has 6 atom stereocenters. The zero-order valence-corrected chi connectivity index (χ0v) is 40.8. The van der Waals surface area contributed by atoms with E-state index in [1.165, 1.54) is 141 Å². The standard InChI is InChI=1S/C50H95O12P/c1-3-5-7-9-11-13-15-17-19-21-22-24-26-28-30-32-34-36-38-40-59-41-43(42-60-63(57,58)62-50-48(55)46(53)45(52)47(54)49(50)56)61-44(51)39-37-35-33-31-29-27-25-23-20-18-16-14-12-10-8-6-4-2/h12,14,18,20,43,45-50,52-56H,3-11,13,15-17,19,21-42H2,1-2H3,(H,57,58)/b14-12-,20-18-. The predicted octanol–water partition coefficient (Wildman–Crippen LogP) is 11.3. The minimum absolute atomic E-state index is 0.0754. The Balaban J connectivity index is 2.34. The van der Waals surface area contributed by atoms with E-state index in [2.05, 4.69) is 38.2 Å². The molecule has 0 bridgehead atoms. The SMILES string of the molecule is CCCCC/C=C\C/C=C\CCCCCCCCCC(=O)OC(COCCCCCCCCCCCCCCCCCCCCC)COP(=O)(O)OC1C(O)C(O)C(O)C(O)C1O. The lowest BCUT2D eigenvalue weighted by Gasteiger charge is -2.41. The van der Waals surface area contributed by atoms with Crippen molar-refractivity contribution in [1.82, 2.24) is 0 Å². The summed E-state index contributed by atoms with van der Waals surface area (Å²) in [6, 6.07) is 0. The van der Waals surface area contributed by atoms with Crippen molar-refractivity contribution in [2.75, 3.05) is 19.8 Å². The number of phosphoric acid groups is 1. The number of aliphatic hydroxyl groups excluding tert-OH is 5. The smallest absolute Gasteiger partial charge is 0.457 e. The summed E-state index contributed by atoms with van der Waals surface area (Å²) in [6.45, 7) is 4.26. The lowest BCUT2D eigenvalue weighted by atomic mass is 9.85. The number of unbranched alkanes of at least 4 members (excludes halogenated alkanes) is 28. The van der Waals surface area contributed by atoms with E-state index in [1.54, 1.807) is 0 Å². The third kappa shape index (κ3) is 33.0. The molecular formula is C50H95O12P. The molecule has 12 nitrogen and oxygen atoms in total. The maximum Gasteiger partial charge on any atom is 0.472 e. The number of esters is 1. The van der Waals surface area contributed by atoms with Crippen LogP contribution >= 0.6 is 7.82 Å². The number of allylic oxidation sites excluding steroid dienone is 4. The fraction of sp³-hybridized carbons (Fsp3) is 0.900. The molecule has 0 heterocycles. The van der Waals surface area contributed by atoms with Crippen molar-refractivity contribution in [3.05, 3.63) is 24.3 Å². The summed E-state index contributed by atoms with van der Waals surface area (Å²) in [5.74, 6) is -0.481. The van der Waals surface area contributed by atoms with E-state index in [4.69, 9.17) is 18.5 Å². The van der Waals surface area contributed by atoms with Crippen LogP contribution in [0.1, 0.15) is 226 Å². The third-order valence-corrected chi connectivity index (χ3v) is 13.1. The van der Waals surface area contributed by atoms with Gasteiger partial charge < -0.3 is 39.9 Å². The maximum atomic E-state index is 12.8. The van der Waals surface area contributed by atoms with Gasteiger partial charge >= 0.3 is 13.8 Å². The number of aliphatic hydroxyl groups is 5. The zero-order chi connectivity index (χ0) is 46.2. The van der Waals surface area contributed by atoms with Crippen molar-refractivity contribution in [2.24, 2.45) is 0 Å². The topological polar surface area (TPSA) is 192 Å². The molecule has 1 aliphatic rings. The normalized spacial score (nSPS) is 22.0. The summed E-state index contributed by atoms with van der Waals surface area (Å²) in [6.07, 6.45) is 35.3. The van der Waals surface area contributed by atoms with Crippen molar-refractivity contribution >= 4 is 13.8 Å². The van der Waals surface area contributed by atoms with Gasteiger partial charge in [-0.05, 0) is 44.9 Å². The lowest BCUT2D eigenvalue weighted by Crippen LogP contribution is -2.64. The summed E-state index contributed by atoms with van der Waals surface area (Å²) in [7, 11) is -5.02. The van der Waals surface area contributed by atoms with Gasteiger partial charge in [0, 0.05) is 13.0 Å². The molecule has 0 amide bonds. The highest BCUT2D eigenvalue weighted by Crippen LogP contribution is 2.47. The van der Waals surface area contributed by atoms with E-state index in [-0.39, 0.29) is 13.0 Å². The van der Waals surface area contributed by atoms with E-state index < -0.39 is 63.1 Å². The van der Waals surface area contributed by atoms with Crippen LogP contribution < -0.4 is 0 Å². The molecule has 0 aromatic rings. The van der Waals surface area contributed by atoms with Gasteiger partial charge in [-0.1, -0.05) is 199 Å². The van der Waals surface area contributed by atoms with Crippen molar-refractivity contribution in [3.63, 3.8) is 0 Å². The molecule has 1 saturated carbocycles. The van der Waals surface area contributed by atoms with Gasteiger partial charge in [-0.2, -0.15) is 0 Å². The van der Waals surface area contributed by atoms with Crippen molar-refractivity contribution in [3.8, 4) is 0 Å². The number of phosphoric ester groups is 1. The van der Waals surface area contributed by atoms with Gasteiger partial charge in [0.15, 0.2) is 0 Å². The van der Waals surface area contributed by atoms with Crippen LogP contribution in [0, 0.1) is 0 Å². The molecule has 0 spiro atoms. The van der Waals surface area contributed by atoms with Crippen LogP contribution in [-0.4, -0.2) is 98.9 Å². The van der Waals surface area contributed by atoms with E-state index in [1.807, 2.05) is 0 Å². The first-order valence-corrected chi connectivity index (χ1v) is 27.2. The average molecular weight is 919 g/mol. The monoisotopic (exact) mass is 919 g/mol. The quantitative estimate of drug-likeness (QED) is 0.0147. The Bertz CT molecular complexity index is 1140. The minimum atomic E-state index is -5.02. The van der Waals surface area contributed by atoms with Gasteiger partial charge in [0.25, 0.3) is 0 Å². The van der Waals surface area contributed by atoms with Crippen LogP contribution in [0.4, 0.5) is 0 Å². The van der Waals surface area contributed by atoms with Gasteiger partial charge in [0.05, 0.1) is 13.2 Å². The fourth-order valence-electron chi connectivity index (χ4n) is 7.98. The molecule has 63 heavy (non-hydrogen) atoms. The number of hydrogen-bond acceptors (Lipinski definition) is 11. The highest BCUT2D eigenvalue weighted by molar-refractivity contribution is 7.47. The molecule has 0 saturated heterocycles. The summed E-state index contributed by atoms with van der Waals surface area (Å²) in [5, 5.41) is 50.3. The van der Waals surface area contributed by atoms with Crippen LogP contribution in [0.2, 0.25) is 0 Å². The summed E-state index contributed by atoms with van der Waals surface area (Å²) in [5.41, 5.74) is 0. The summed E-state index contributed by atoms with van der Waals surface area (Å²) < 4.78 is 34.3. The third-order valence-electron chi connectivity index (χ3n) is 12.1. The van der Waals surface area contributed by atoms with Crippen molar-refractivity contribution < 1.29 is 58.3 Å². The van der Waals surface area contributed by atoms with Gasteiger partial charge in [-0.15, -0.1) is 0 Å². The Labute approximate surface area is 383 Å². The van der Waals surface area contributed by atoms with Gasteiger partial charge in [-0.25, -0.2) is 4.57 Å². The second-order valence-electron chi connectivity index (χ2n) is 18.0. The second kappa shape index (κ2) is 41.0. The number of hydrogen-bond donors (Lipinski definition) is 6. The molecule has 0 aromatic heterocycles. The van der Waals surface area contributed by atoms with Crippen LogP contribution in [0.3, 0.4) is 0 Å². The van der Waals surface area contributed by atoms with E-state index in [0.717, 1.165) is 57.8 Å². The lowest BCUT2D eigenvalue weighted by molar-refractivity contribution is -0.220. The average Bonchev–Trinajstić information content (AvgIpc) is 3.27.